The molecule has 3 rings (SSSR count). The van der Waals surface area contributed by atoms with Crippen LogP contribution in [0, 0.1) is 6.92 Å². The fourth-order valence-electron chi connectivity index (χ4n) is 2.14. The molecular weight excluding hydrogens is 226 g/mol. The molecule has 1 aliphatic heterocycles. The van der Waals surface area contributed by atoms with Crippen LogP contribution in [0.4, 0.5) is 0 Å². The molecule has 0 spiro atoms. The molecule has 1 aromatic carbocycles. The van der Waals surface area contributed by atoms with E-state index in [4.69, 9.17) is 0 Å². The Balaban J connectivity index is 1.91. The van der Waals surface area contributed by atoms with Gasteiger partial charge in [-0.3, -0.25) is 4.79 Å². The summed E-state index contributed by atoms with van der Waals surface area (Å²) in [4.78, 5) is 19.9. The quantitative estimate of drug-likeness (QED) is 0.804. The Morgan fingerprint density at radius 3 is 2.83 bits per heavy atom. The summed E-state index contributed by atoms with van der Waals surface area (Å²) in [5.74, 6) is -0.110. The molecule has 1 amide bonds. The van der Waals surface area contributed by atoms with Crippen molar-refractivity contribution in [3.05, 3.63) is 53.6 Å². The van der Waals surface area contributed by atoms with Crippen LogP contribution in [-0.2, 0) is 11.2 Å². The van der Waals surface area contributed by atoms with Crippen LogP contribution in [0.3, 0.4) is 0 Å². The normalized spacial score (nSPS) is 17.8. The summed E-state index contributed by atoms with van der Waals surface area (Å²) in [5, 5.41) is 0. The molecule has 1 aliphatic rings. The maximum Gasteiger partial charge on any atom is 0.269 e. The minimum Gasteiger partial charge on any atom is -0.317 e. The molecule has 1 unspecified atom stereocenters. The second-order valence-corrected chi connectivity index (χ2v) is 4.53. The van der Waals surface area contributed by atoms with Crippen molar-refractivity contribution in [3.63, 3.8) is 0 Å². The summed E-state index contributed by atoms with van der Waals surface area (Å²) in [6.07, 6.45) is 5.64. The summed E-state index contributed by atoms with van der Waals surface area (Å²) in [7, 11) is 0. The van der Waals surface area contributed by atoms with Crippen LogP contribution in [0.2, 0.25) is 0 Å². The van der Waals surface area contributed by atoms with Gasteiger partial charge in [-0.2, -0.15) is 0 Å². The highest BCUT2D eigenvalue weighted by Crippen LogP contribution is 2.21. The Hall–Kier alpha value is -2.23. The number of carbonyl (C=O) groups excluding carboxylic acids is 1. The lowest BCUT2D eigenvalue weighted by atomic mass is 10.0. The lowest BCUT2D eigenvalue weighted by Crippen LogP contribution is -2.25. The average Bonchev–Trinajstić information content (AvgIpc) is 2.84. The maximum absolute atomic E-state index is 11.9. The van der Waals surface area contributed by atoms with Crippen LogP contribution in [0.5, 0.6) is 0 Å². The summed E-state index contributed by atoms with van der Waals surface area (Å²) in [5.41, 5.74) is 3.23. The van der Waals surface area contributed by atoms with E-state index < -0.39 is 0 Å². The molecule has 18 heavy (non-hydrogen) atoms. The number of imidazole rings is 1. The molecule has 0 aliphatic carbocycles. The SMILES string of the molecule is Cc1ccc(CC2C(=O)N=Cc3cncn32)cc1. The number of benzene rings is 1. The van der Waals surface area contributed by atoms with Crippen molar-refractivity contribution in [2.24, 2.45) is 4.99 Å². The van der Waals surface area contributed by atoms with Gasteiger partial charge < -0.3 is 4.57 Å². The zero-order chi connectivity index (χ0) is 12.5. The minimum absolute atomic E-state index is 0.110. The van der Waals surface area contributed by atoms with Gasteiger partial charge in [0, 0.05) is 6.42 Å². The molecule has 0 saturated heterocycles. The van der Waals surface area contributed by atoms with E-state index in [0.717, 1.165) is 11.3 Å². The third-order valence-electron chi connectivity index (χ3n) is 3.19. The van der Waals surface area contributed by atoms with E-state index >= 15 is 0 Å². The number of hydrogen-bond acceptors (Lipinski definition) is 2. The van der Waals surface area contributed by atoms with Crippen LogP contribution in [0.1, 0.15) is 22.9 Å². The van der Waals surface area contributed by atoms with E-state index in [1.165, 1.54) is 5.56 Å². The van der Waals surface area contributed by atoms with Gasteiger partial charge in [-0.1, -0.05) is 29.8 Å². The van der Waals surface area contributed by atoms with E-state index in [-0.39, 0.29) is 11.9 Å². The van der Waals surface area contributed by atoms with Gasteiger partial charge in [-0.25, -0.2) is 9.98 Å². The van der Waals surface area contributed by atoms with Gasteiger partial charge in [-0.15, -0.1) is 0 Å². The number of carbonyl (C=O) groups is 1. The molecule has 1 atom stereocenters. The van der Waals surface area contributed by atoms with Crippen LogP contribution in [-0.4, -0.2) is 21.7 Å². The van der Waals surface area contributed by atoms with Crippen LogP contribution in [0.25, 0.3) is 0 Å². The predicted octanol–water partition coefficient (Wildman–Crippen LogP) is 1.93. The van der Waals surface area contributed by atoms with E-state index in [0.29, 0.717) is 6.42 Å². The smallest absolute Gasteiger partial charge is 0.269 e. The standard InChI is InChI=1S/C14H13N3O/c1-10-2-4-11(5-3-10)6-13-14(18)16-8-12-7-15-9-17(12)13/h2-5,7-9,13H,6H2,1H3. The number of amides is 1. The molecule has 0 bridgehead atoms. The third-order valence-corrected chi connectivity index (χ3v) is 3.19. The number of rotatable bonds is 2. The van der Waals surface area contributed by atoms with Crippen molar-refractivity contribution >= 4 is 12.1 Å². The van der Waals surface area contributed by atoms with Crippen LogP contribution < -0.4 is 0 Å². The zero-order valence-corrected chi connectivity index (χ0v) is 10.1. The molecule has 0 saturated carbocycles. The summed E-state index contributed by atoms with van der Waals surface area (Å²) < 4.78 is 1.88. The maximum atomic E-state index is 11.9. The molecule has 0 radical (unpaired) electrons. The summed E-state index contributed by atoms with van der Waals surface area (Å²) in [6, 6.07) is 7.95. The fourth-order valence-corrected chi connectivity index (χ4v) is 2.14. The first kappa shape index (κ1) is 10.9. The van der Waals surface area contributed by atoms with Gasteiger partial charge >= 0.3 is 0 Å². The largest absolute Gasteiger partial charge is 0.317 e. The Kier molecular flexibility index (Phi) is 2.55. The molecule has 0 N–H and O–H groups in total. The van der Waals surface area contributed by atoms with Gasteiger partial charge in [0.2, 0.25) is 0 Å². The Morgan fingerprint density at radius 1 is 1.28 bits per heavy atom. The van der Waals surface area contributed by atoms with Crippen molar-refractivity contribution in [1.82, 2.24) is 9.55 Å². The molecule has 4 nitrogen and oxygen atoms in total. The van der Waals surface area contributed by atoms with Gasteiger partial charge in [0.1, 0.15) is 6.04 Å². The Morgan fingerprint density at radius 2 is 2.06 bits per heavy atom. The molecule has 90 valence electrons. The van der Waals surface area contributed by atoms with E-state index in [1.54, 1.807) is 18.7 Å². The topological polar surface area (TPSA) is 47.2 Å². The van der Waals surface area contributed by atoms with Crippen molar-refractivity contribution < 1.29 is 4.79 Å². The molecule has 2 aromatic rings. The van der Waals surface area contributed by atoms with Gasteiger partial charge in [0.05, 0.1) is 24.4 Å². The van der Waals surface area contributed by atoms with Gasteiger partial charge in [0.25, 0.3) is 5.91 Å². The fraction of sp³-hybridized carbons (Fsp3) is 0.214. The highest BCUT2D eigenvalue weighted by atomic mass is 16.1. The number of fused-ring (bicyclic) bond motifs is 1. The number of nitrogens with zero attached hydrogens (tertiary/aromatic N) is 3. The number of hydrogen-bond donors (Lipinski definition) is 0. The molecule has 0 fully saturated rings. The monoisotopic (exact) mass is 239 g/mol. The van der Waals surface area contributed by atoms with E-state index in [2.05, 4.69) is 34.2 Å². The predicted molar refractivity (Wildman–Crippen MR) is 68.7 cm³/mol. The number of aromatic nitrogens is 2. The highest BCUT2D eigenvalue weighted by molar-refractivity contribution is 5.96. The van der Waals surface area contributed by atoms with E-state index in [9.17, 15) is 4.79 Å². The van der Waals surface area contributed by atoms with Crippen LogP contribution in [0.15, 0.2) is 41.8 Å². The lowest BCUT2D eigenvalue weighted by Gasteiger charge is -2.19. The van der Waals surface area contributed by atoms with Crippen molar-refractivity contribution in [2.75, 3.05) is 0 Å². The second-order valence-electron chi connectivity index (χ2n) is 4.53. The van der Waals surface area contributed by atoms with Crippen molar-refractivity contribution in [3.8, 4) is 0 Å². The molecule has 2 heterocycles. The highest BCUT2D eigenvalue weighted by Gasteiger charge is 2.24. The van der Waals surface area contributed by atoms with Crippen molar-refractivity contribution in [1.29, 1.82) is 0 Å². The first-order valence-corrected chi connectivity index (χ1v) is 5.89. The van der Waals surface area contributed by atoms with Gasteiger partial charge in [-0.05, 0) is 12.5 Å². The summed E-state index contributed by atoms with van der Waals surface area (Å²) >= 11 is 0. The van der Waals surface area contributed by atoms with Crippen molar-refractivity contribution in [2.45, 2.75) is 19.4 Å². The molecule has 4 heteroatoms. The van der Waals surface area contributed by atoms with Crippen LogP contribution >= 0.6 is 0 Å². The third kappa shape index (κ3) is 1.86. The minimum atomic E-state index is -0.268. The average molecular weight is 239 g/mol. The molecular formula is C14H13N3O. The first-order valence-electron chi connectivity index (χ1n) is 5.89. The Bertz CT molecular complexity index is 610. The van der Waals surface area contributed by atoms with Gasteiger partial charge in [0.15, 0.2) is 0 Å². The van der Waals surface area contributed by atoms with E-state index in [1.807, 2.05) is 11.5 Å². The number of aryl methyl sites for hydroxylation is 1. The summed E-state index contributed by atoms with van der Waals surface area (Å²) in [6.45, 7) is 2.05. The molecule has 1 aromatic heterocycles. The Labute approximate surface area is 105 Å². The second kappa shape index (κ2) is 4.22. The first-order chi connectivity index (χ1) is 8.74. The number of aliphatic imine (C=N–C) groups is 1. The zero-order valence-electron chi connectivity index (χ0n) is 10.1. The lowest BCUT2D eigenvalue weighted by molar-refractivity contribution is -0.121.